The van der Waals surface area contributed by atoms with Crippen LogP contribution < -0.4 is 0 Å². The van der Waals surface area contributed by atoms with Crippen molar-refractivity contribution in [2.75, 3.05) is 0 Å². The molecule has 162 valence electrons. The van der Waals surface area contributed by atoms with Crippen molar-refractivity contribution >= 4 is 0 Å². The molecule has 0 spiro atoms. The minimum atomic E-state index is 0.371. The van der Waals surface area contributed by atoms with Crippen LogP contribution >= 0.6 is 0 Å². The molecule has 2 nitrogen and oxygen atoms in total. The largest absolute Gasteiger partial charge is 0.508 e. The Morgan fingerprint density at radius 1 is 0.464 bits per heavy atom. The predicted molar refractivity (Wildman–Crippen MR) is 122 cm³/mol. The molecule has 0 saturated heterocycles. The van der Waals surface area contributed by atoms with Crippen LogP contribution in [0.4, 0.5) is 0 Å². The monoisotopic (exact) mass is 390 g/mol. The molecule has 0 aliphatic heterocycles. The van der Waals surface area contributed by atoms with Gasteiger partial charge in [0.25, 0.3) is 0 Å². The number of benzene rings is 1. The summed E-state index contributed by atoms with van der Waals surface area (Å²) in [5.41, 5.74) is 1.99. The third-order valence-electron chi connectivity index (χ3n) is 5.94. The second-order valence-electron chi connectivity index (χ2n) is 8.51. The van der Waals surface area contributed by atoms with Gasteiger partial charge < -0.3 is 10.2 Å². The van der Waals surface area contributed by atoms with E-state index in [9.17, 15) is 10.2 Å². The second-order valence-corrected chi connectivity index (χ2v) is 8.51. The fourth-order valence-electron chi connectivity index (χ4n) is 4.10. The predicted octanol–water partition coefficient (Wildman–Crippen LogP) is 8.46. The molecule has 0 saturated carbocycles. The lowest BCUT2D eigenvalue weighted by Crippen LogP contribution is -1.97. The topological polar surface area (TPSA) is 40.5 Å². The molecule has 0 aromatic heterocycles. The molecular weight excluding hydrogens is 344 g/mol. The van der Waals surface area contributed by atoms with Gasteiger partial charge in [0.1, 0.15) is 11.5 Å². The lowest BCUT2D eigenvalue weighted by Gasteiger charge is -2.14. The number of unbranched alkanes of at least 4 members (excludes halogenated alkanes) is 14. The van der Waals surface area contributed by atoms with Gasteiger partial charge in [-0.15, -0.1) is 0 Å². The maximum atomic E-state index is 10.3. The van der Waals surface area contributed by atoms with Crippen molar-refractivity contribution in [1.82, 2.24) is 0 Å². The molecule has 0 unspecified atom stereocenters. The molecule has 0 amide bonds. The highest BCUT2D eigenvalue weighted by atomic mass is 16.3. The van der Waals surface area contributed by atoms with Gasteiger partial charge in [0.05, 0.1) is 0 Å². The van der Waals surface area contributed by atoms with E-state index in [0.717, 1.165) is 36.8 Å². The lowest BCUT2D eigenvalue weighted by molar-refractivity contribution is 0.444. The van der Waals surface area contributed by atoms with Crippen molar-refractivity contribution in [1.29, 1.82) is 0 Å². The number of phenols is 2. The third kappa shape index (κ3) is 11.0. The SMILES string of the molecule is CCCCCCCCCCc1c(O)ccc(O)c1CCCCCCCCCC. The van der Waals surface area contributed by atoms with Crippen LogP contribution in [-0.4, -0.2) is 10.2 Å². The van der Waals surface area contributed by atoms with Gasteiger partial charge in [-0.2, -0.15) is 0 Å². The van der Waals surface area contributed by atoms with Crippen LogP contribution in [-0.2, 0) is 12.8 Å². The summed E-state index contributed by atoms with van der Waals surface area (Å²) in [4.78, 5) is 0. The van der Waals surface area contributed by atoms with Crippen LogP contribution in [0.3, 0.4) is 0 Å². The Kier molecular flexibility index (Phi) is 14.9. The Balaban J connectivity index is 2.32. The summed E-state index contributed by atoms with van der Waals surface area (Å²) < 4.78 is 0. The zero-order valence-corrected chi connectivity index (χ0v) is 18.8. The summed E-state index contributed by atoms with van der Waals surface area (Å²) in [6, 6.07) is 3.32. The van der Waals surface area contributed by atoms with E-state index in [1.165, 1.54) is 89.9 Å². The van der Waals surface area contributed by atoms with Gasteiger partial charge in [0.15, 0.2) is 0 Å². The van der Waals surface area contributed by atoms with Gasteiger partial charge in [-0.3, -0.25) is 0 Å². The average Bonchev–Trinajstić information content (AvgIpc) is 2.69. The fraction of sp³-hybridized carbons (Fsp3) is 0.769. The summed E-state index contributed by atoms with van der Waals surface area (Å²) in [7, 11) is 0. The third-order valence-corrected chi connectivity index (χ3v) is 5.94. The molecule has 28 heavy (non-hydrogen) atoms. The molecule has 2 heteroatoms. The van der Waals surface area contributed by atoms with Crippen molar-refractivity contribution in [3.8, 4) is 11.5 Å². The second kappa shape index (κ2) is 16.7. The summed E-state index contributed by atoms with van der Waals surface area (Å²) in [5, 5.41) is 20.7. The van der Waals surface area contributed by atoms with E-state index in [4.69, 9.17) is 0 Å². The van der Waals surface area contributed by atoms with Crippen LogP contribution in [0.1, 0.15) is 128 Å². The van der Waals surface area contributed by atoms with E-state index in [1.54, 1.807) is 12.1 Å². The molecule has 1 aromatic carbocycles. The molecule has 2 N–H and O–H groups in total. The molecule has 0 fully saturated rings. The summed E-state index contributed by atoms with van der Waals surface area (Å²) >= 11 is 0. The van der Waals surface area contributed by atoms with E-state index in [2.05, 4.69) is 13.8 Å². The van der Waals surface area contributed by atoms with Crippen molar-refractivity contribution in [2.45, 2.75) is 129 Å². The Hall–Kier alpha value is -1.18. The number of phenolic OH excluding ortho intramolecular Hbond substituents is 2. The van der Waals surface area contributed by atoms with E-state index >= 15 is 0 Å². The molecule has 0 bridgehead atoms. The van der Waals surface area contributed by atoms with Gasteiger partial charge in [-0.25, -0.2) is 0 Å². The van der Waals surface area contributed by atoms with Gasteiger partial charge in [-0.1, -0.05) is 104 Å². The highest BCUT2D eigenvalue weighted by molar-refractivity contribution is 5.47. The first-order valence-electron chi connectivity index (χ1n) is 12.2. The van der Waals surface area contributed by atoms with Gasteiger partial charge in [0, 0.05) is 11.1 Å². The number of rotatable bonds is 18. The lowest BCUT2D eigenvalue weighted by atomic mass is 9.94. The highest BCUT2D eigenvalue weighted by Gasteiger charge is 2.12. The quantitative estimate of drug-likeness (QED) is 0.195. The number of hydrogen-bond acceptors (Lipinski definition) is 2. The molecule has 0 aliphatic carbocycles. The van der Waals surface area contributed by atoms with E-state index in [0.29, 0.717) is 11.5 Å². The van der Waals surface area contributed by atoms with Crippen LogP contribution in [0, 0.1) is 0 Å². The molecule has 1 aromatic rings. The van der Waals surface area contributed by atoms with E-state index < -0.39 is 0 Å². The van der Waals surface area contributed by atoms with Crippen molar-refractivity contribution in [2.24, 2.45) is 0 Å². The molecule has 0 radical (unpaired) electrons. The fourth-order valence-corrected chi connectivity index (χ4v) is 4.10. The van der Waals surface area contributed by atoms with Crippen LogP contribution in [0.2, 0.25) is 0 Å². The first kappa shape index (κ1) is 24.9. The van der Waals surface area contributed by atoms with Gasteiger partial charge in [0.2, 0.25) is 0 Å². The van der Waals surface area contributed by atoms with Crippen LogP contribution in [0.25, 0.3) is 0 Å². The smallest absolute Gasteiger partial charge is 0.119 e. The van der Waals surface area contributed by atoms with Crippen LogP contribution in [0.5, 0.6) is 11.5 Å². The summed E-state index contributed by atoms with van der Waals surface area (Å²) in [5.74, 6) is 0.741. The minimum Gasteiger partial charge on any atom is -0.508 e. The molecule has 0 atom stereocenters. The normalized spacial score (nSPS) is 11.2. The summed E-state index contributed by atoms with van der Waals surface area (Å²) in [6.45, 7) is 4.51. The first-order chi connectivity index (χ1) is 13.7. The Bertz CT molecular complexity index is 450. The van der Waals surface area contributed by atoms with Crippen molar-refractivity contribution in [3.05, 3.63) is 23.3 Å². The highest BCUT2D eigenvalue weighted by Crippen LogP contribution is 2.32. The molecule has 1 rings (SSSR count). The van der Waals surface area contributed by atoms with E-state index in [1.807, 2.05) is 0 Å². The molecule has 0 heterocycles. The molecular formula is C26H46O2. The van der Waals surface area contributed by atoms with Crippen LogP contribution in [0.15, 0.2) is 12.1 Å². The van der Waals surface area contributed by atoms with Gasteiger partial charge >= 0.3 is 0 Å². The molecule has 0 aliphatic rings. The maximum absolute atomic E-state index is 10.3. The van der Waals surface area contributed by atoms with Crippen molar-refractivity contribution in [3.63, 3.8) is 0 Å². The van der Waals surface area contributed by atoms with Gasteiger partial charge in [-0.05, 0) is 37.8 Å². The minimum absolute atomic E-state index is 0.371. The van der Waals surface area contributed by atoms with E-state index in [-0.39, 0.29) is 0 Å². The maximum Gasteiger partial charge on any atom is 0.119 e. The number of aromatic hydroxyl groups is 2. The first-order valence-corrected chi connectivity index (χ1v) is 12.2. The van der Waals surface area contributed by atoms with Crippen molar-refractivity contribution < 1.29 is 10.2 Å². The summed E-state index contributed by atoms with van der Waals surface area (Å²) in [6.07, 6.45) is 22.4. The number of hydrogen-bond donors (Lipinski definition) is 2. The average molecular weight is 391 g/mol. The Morgan fingerprint density at radius 3 is 1.07 bits per heavy atom. The standard InChI is InChI=1S/C26H46O2/c1-3-5-7-9-11-13-15-17-19-23-24(26(28)22-21-25(23)27)20-18-16-14-12-10-8-6-4-2/h21-22,27-28H,3-20H2,1-2H3. The Morgan fingerprint density at radius 2 is 0.750 bits per heavy atom. The Labute approximate surface area is 174 Å². The zero-order valence-electron chi connectivity index (χ0n) is 18.8. The zero-order chi connectivity index (χ0) is 20.5.